The van der Waals surface area contributed by atoms with E-state index in [0.717, 1.165) is 70.6 Å². The number of carbonyl (C=O) groups is 1. The molecule has 1 amide bonds. The molecule has 0 fully saturated rings. The number of hydrogen-bond acceptors (Lipinski definition) is 6. The number of rotatable bonds is 57. The molecule has 9 heteroatoms. The third-order valence-electron chi connectivity index (χ3n) is 13.9. The zero-order valence-electron chi connectivity index (χ0n) is 49.3. The van der Waals surface area contributed by atoms with E-state index in [0.29, 0.717) is 17.4 Å². The molecule has 2 N–H and O–H groups in total. The number of phosphoric acid groups is 1. The van der Waals surface area contributed by atoms with Crippen molar-refractivity contribution >= 4 is 13.7 Å². The lowest BCUT2D eigenvalue weighted by atomic mass is 10.0. The van der Waals surface area contributed by atoms with E-state index in [1.807, 2.05) is 27.2 Å². The van der Waals surface area contributed by atoms with Crippen molar-refractivity contribution in [2.45, 2.75) is 296 Å². The predicted molar refractivity (Wildman–Crippen MR) is 320 cm³/mol. The Kier molecular flexibility index (Phi) is 54.1. The molecule has 0 aliphatic carbocycles. The maximum atomic E-state index is 13.0. The Hall–Kier alpha value is -2.06. The second kappa shape index (κ2) is 55.7. The van der Waals surface area contributed by atoms with Crippen molar-refractivity contribution in [3.05, 3.63) is 72.9 Å². The van der Waals surface area contributed by atoms with Crippen LogP contribution in [0.3, 0.4) is 0 Å². The number of unbranched alkanes of at least 4 members (excludes halogenated alkanes) is 34. The van der Waals surface area contributed by atoms with E-state index >= 15 is 0 Å². The number of carbonyl (C=O) groups excluding carboxylic acids is 1. The molecule has 3 unspecified atom stereocenters. The van der Waals surface area contributed by atoms with Gasteiger partial charge in [0.05, 0.1) is 39.9 Å². The molecule has 0 saturated carbocycles. The molecule has 0 aromatic rings. The molecule has 74 heavy (non-hydrogen) atoms. The molecular formula is C65H121N2O6P. The van der Waals surface area contributed by atoms with Gasteiger partial charge in [-0.25, -0.2) is 0 Å². The number of allylic oxidation sites excluding steroid dienone is 11. The van der Waals surface area contributed by atoms with Crippen LogP contribution in [0.4, 0.5) is 0 Å². The predicted octanol–water partition coefficient (Wildman–Crippen LogP) is 18.8. The molecule has 0 aromatic carbocycles. The summed E-state index contributed by atoms with van der Waals surface area (Å²) in [4.78, 5) is 25.5. The average molecular weight is 1060 g/mol. The van der Waals surface area contributed by atoms with Crippen LogP contribution in [0.2, 0.25) is 0 Å². The Labute approximate surface area is 459 Å². The van der Waals surface area contributed by atoms with E-state index in [9.17, 15) is 19.4 Å². The van der Waals surface area contributed by atoms with Crippen molar-refractivity contribution in [3.8, 4) is 0 Å². The molecule has 0 heterocycles. The van der Waals surface area contributed by atoms with Crippen LogP contribution >= 0.6 is 7.82 Å². The van der Waals surface area contributed by atoms with Crippen molar-refractivity contribution in [3.63, 3.8) is 0 Å². The second-order valence-corrected chi connectivity index (χ2v) is 23.8. The van der Waals surface area contributed by atoms with Crippen molar-refractivity contribution < 1.29 is 32.9 Å². The van der Waals surface area contributed by atoms with E-state index in [2.05, 4.69) is 79.9 Å². The highest BCUT2D eigenvalue weighted by Gasteiger charge is 2.23. The van der Waals surface area contributed by atoms with Crippen molar-refractivity contribution in [2.24, 2.45) is 0 Å². The number of likely N-dealkylation sites (N-methyl/N-ethyl adjacent to an activating group) is 1. The Bertz CT molecular complexity index is 1430. The summed E-state index contributed by atoms with van der Waals surface area (Å²) in [7, 11) is 1.27. The van der Waals surface area contributed by atoms with Gasteiger partial charge in [-0.2, -0.15) is 0 Å². The monoisotopic (exact) mass is 1060 g/mol. The number of quaternary nitrogens is 1. The largest absolute Gasteiger partial charge is 0.756 e. The molecule has 0 rings (SSSR count). The van der Waals surface area contributed by atoms with Gasteiger partial charge in [-0.1, -0.05) is 286 Å². The quantitative estimate of drug-likeness (QED) is 0.0272. The Morgan fingerprint density at radius 1 is 0.486 bits per heavy atom. The van der Waals surface area contributed by atoms with E-state index in [-0.39, 0.29) is 19.1 Å². The molecule has 3 atom stereocenters. The van der Waals surface area contributed by atoms with Gasteiger partial charge >= 0.3 is 0 Å². The van der Waals surface area contributed by atoms with Gasteiger partial charge in [0.1, 0.15) is 13.2 Å². The zero-order chi connectivity index (χ0) is 54.2. The summed E-state index contributed by atoms with van der Waals surface area (Å²) in [6.45, 7) is 4.55. The van der Waals surface area contributed by atoms with Crippen LogP contribution in [-0.4, -0.2) is 68.5 Å². The van der Waals surface area contributed by atoms with E-state index < -0.39 is 20.0 Å². The minimum Gasteiger partial charge on any atom is -0.756 e. The first kappa shape index (κ1) is 71.9. The van der Waals surface area contributed by atoms with E-state index in [1.54, 1.807) is 6.08 Å². The number of phosphoric ester groups is 1. The maximum absolute atomic E-state index is 13.0. The van der Waals surface area contributed by atoms with Gasteiger partial charge in [0.25, 0.3) is 7.82 Å². The third-order valence-corrected chi connectivity index (χ3v) is 14.9. The molecular weight excluding hydrogens is 936 g/mol. The number of aliphatic hydroxyl groups is 1. The molecule has 0 bridgehead atoms. The summed E-state index contributed by atoms with van der Waals surface area (Å²) in [5.74, 6) is -0.195. The van der Waals surface area contributed by atoms with Crippen LogP contribution in [-0.2, 0) is 18.4 Å². The normalized spacial score (nSPS) is 14.3. The van der Waals surface area contributed by atoms with E-state index in [4.69, 9.17) is 9.05 Å². The number of nitrogens with one attached hydrogen (secondary N) is 1. The van der Waals surface area contributed by atoms with Gasteiger partial charge in [-0.3, -0.25) is 9.36 Å². The molecule has 0 aliphatic rings. The summed E-state index contributed by atoms with van der Waals surface area (Å²) >= 11 is 0. The molecule has 0 spiro atoms. The minimum atomic E-state index is -4.60. The molecule has 0 aromatic heterocycles. The highest BCUT2D eigenvalue weighted by molar-refractivity contribution is 7.45. The number of amides is 1. The van der Waals surface area contributed by atoms with Gasteiger partial charge in [0, 0.05) is 6.42 Å². The lowest BCUT2D eigenvalue weighted by Crippen LogP contribution is -2.45. The van der Waals surface area contributed by atoms with Crippen molar-refractivity contribution in [1.82, 2.24) is 5.32 Å². The first-order chi connectivity index (χ1) is 36.0. The van der Waals surface area contributed by atoms with Gasteiger partial charge in [-0.05, 0) is 64.2 Å². The number of nitrogens with zero attached hydrogens (tertiary/aromatic N) is 1. The van der Waals surface area contributed by atoms with Gasteiger partial charge in [-0.15, -0.1) is 0 Å². The maximum Gasteiger partial charge on any atom is 0.268 e. The SMILES string of the molecule is CC/C=C\C/C=C\C/C=C\C/C=C\C/C=C\CCCCCCCCCCCCCCCCCCCCCCCC(=O)NC(COP(=O)([O-])OCC[N+](C)(C)C)C(O)/C=C/CCCCCCCCCCCCCCC. The van der Waals surface area contributed by atoms with Gasteiger partial charge in [0.2, 0.25) is 5.91 Å². The molecule has 8 nitrogen and oxygen atoms in total. The van der Waals surface area contributed by atoms with Crippen LogP contribution in [0.5, 0.6) is 0 Å². The summed E-state index contributed by atoms with van der Waals surface area (Å²) in [5, 5.41) is 13.9. The average Bonchev–Trinajstić information content (AvgIpc) is 3.36. The molecule has 432 valence electrons. The standard InChI is InChI=1S/C65H121N2O6P/c1-6-8-10-12-14-16-18-20-22-23-24-25-26-27-28-29-30-31-32-33-34-35-36-37-38-39-40-41-42-43-45-47-49-51-53-55-57-59-65(69)66-63(62-73-74(70,71)72-61-60-67(3,4)5)64(68)58-56-54-52-50-48-46-44-21-19-17-15-13-11-9-7-2/h8,10,14,16,20,22,24-25,27-28,56,58,63-64,68H,6-7,9,11-13,15,17-19,21,23,26,29-55,57,59-62H2,1-5H3,(H-,66,69,70,71)/b10-8-,16-14-,22-20-,25-24-,28-27-,58-56+. The molecule has 0 aliphatic heterocycles. The Morgan fingerprint density at radius 2 is 0.824 bits per heavy atom. The van der Waals surface area contributed by atoms with Crippen LogP contribution in [0.25, 0.3) is 0 Å². The second-order valence-electron chi connectivity index (χ2n) is 22.4. The Balaban J connectivity index is 3.97. The smallest absolute Gasteiger partial charge is 0.268 e. The fraction of sp³-hybridized carbons (Fsp3) is 0.800. The summed E-state index contributed by atoms with van der Waals surface area (Å²) in [6, 6.07) is -0.887. The van der Waals surface area contributed by atoms with Crippen LogP contribution in [0.15, 0.2) is 72.9 Å². The van der Waals surface area contributed by atoms with Crippen LogP contribution in [0.1, 0.15) is 284 Å². The minimum absolute atomic E-state index is 0.000867. The highest BCUT2D eigenvalue weighted by Crippen LogP contribution is 2.38. The fourth-order valence-corrected chi connectivity index (χ4v) is 9.79. The van der Waals surface area contributed by atoms with Crippen molar-refractivity contribution in [1.29, 1.82) is 0 Å². The van der Waals surface area contributed by atoms with Gasteiger partial charge in [0.15, 0.2) is 0 Å². The topological polar surface area (TPSA) is 108 Å². The number of hydrogen-bond donors (Lipinski definition) is 2. The van der Waals surface area contributed by atoms with Crippen LogP contribution in [0, 0.1) is 0 Å². The highest BCUT2D eigenvalue weighted by atomic mass is 31.2. The molecule has 0 radical (unpaired) electrons. The first-order valence-electron chi connectivity index (χ1n) is 31.3. The first-order valence-corrected chi connectivity index (χ1v) is 32.8. The number of aliphatic hydroxyl groups excluding tert-OH is 1. The zero-order valence-corrected chi connectivity index (χ0v) is 50.2. The Morgan fingerprint density at radius 3 is 1.20 bits per heavy atom. The van der Waals surface area contributed by atoms with Crippen LogP contribution < -0.4 is 10.2 Å². The lowest BCUT2D eigenvalue weighted by Gasteiger charge is -2.29. The third kappa shape index (κ3) is 57.6. The van der Waals surface area contributed by atoms with E-state index in [1.165, 1.54) is 193 Å². The summed E-state index contributed by atoms with van der Waals surface area (Å²) in [5.41, 5.74) is 0. The van der Waals surface area contributed by atoms with Gasteiger partial charge < -0.3 is 28.8 Å². The lowest BCUT2D eigenvalue weighted by molar-refractivity contribution is -0.870. The fourth-order valence-electron chi connectivity index (χ4n) is 9.06. The summed E-state index contributed by atoms with van der Waals surface area (Å²) < 4.78 is 23.4. The molecule has 0 saturated heterocycles. The van der Waals surface area contributed by atoms with Crippen molar-refractivity contribution in [2.75, 3.05) is 40.9 Å². The summed E-state index contributed by atoms with van der Waals surface area (Å²) in [6.07, 6.45) is 77.2.